The molecule has 1 N–H and O–H groups in total. The molecule has 0 unspecified atom stereocenters. The molecule has 0 saturated heterocycles. The molecular weight excluding hydrogens is 370 g/mol. The van der Waals surface area contributed by atoms with Crippen LogP contribution in [0.2, 0.25) is 0 Å². The van der Waals surface area contributed by atoms with E-state index < -0.39 is 0 Å². The number of carbonyl (C=O) groups is 1. The molecule has 1 amide bonds. The van der Waals surface area contributed by atoms with E-state index >= 15 is 0 Å². The van der Waals surface area contributed by atoms with Gasteiger partial charge < -0.3 is 14.8 Å². The zero-order valence-electron chi connectivity index (χ0n) is 13.8. The summed E-state index contributed by atoms with van der Waals surface area (Å²) in [5.74, 6) is 1.04. The standard InChI is InChI=1S/C19H20BrNO3/c1-13(2)11-23-18-7-5-4-6-16(18)21-19(22)12-24-17-9-8-15(20)10-14(17)3/h4-10H,1,11-12H2,2-3H3,(H,21,22). The Kier molecular flexibility index (Phi) is 6.44. The molecule has 126 valence electrons. The Hall–Kier alpha value is -2.27. The molecule has 0 spiro atoms. The molecule has 4 nitrogen and oxygen atoms in total. The molecular formula is C19H20BrNO3. The minimum atomic E-state index is -0.247. The second-order valence-corrected chi connectivity index (χ2v) is 6.40. The number of carbonyl (C=O) groups excluding carboxylic acids is 1. The number of amides is 1. The number of hydrogen-bond donors (Lipinski definition) is 1. The first-order valence-corrected chi connectivity index (χ1v) is 8.30. The molecule has 5 heteroatoms. The lowest BCUT2D eigenvalue weighted by Gasteiger charge is -2.13. The van der Waals surface area contributed by atoms with E-state index in [2.05, 4.69) is 27.8 Å². The zero-order chi connectivity index (χ0) is 17.5. The molecule has 0 aliphatic rings. The van der Waals surface area contributed by atoms with Crippen LogP contribution in [-0.4, -0.2) is 19.1 Å². The molecule has 0 aromatic heterocycles. The lowest BCUT2D eigenvalue weighted by Crippen LogP contribution is -2.21. The van der Waals surface area contributed by atoms with Crippen LogP contribution in [-0.2, 0) is 4.79 Å². The second kappa shape index (κ2) is 8.55. The molecule has 0 heterocycles. The quantitative estimate of drug-likeness (QED) is 0.696. The van der Waals surface area contributed by atoms with Crippen molar-refractivity contribution in [1.29, 1.82) is 0 Å². The highest BCUT2D eigenvalue weighted by Gasteiger charge is 2.09. The first kappa shape index (κ1) is 18.1. The van der Waals surface area contributed by atoms with Crippen molar-refractivity contribution in [1.82, 2.24) is 0 Å². The first-order chi connectivity index (χ1) is 11.5. The van der Waals surface area contributed by atoms with Crippen molar-refractivity contribution in [3.63, 3.8) is 0 Å². The van der Waals surface area contributed by atoms with E-state index in [1.54, 1.807) is 12.1 Å². The molecule has 2 aromatic carbocycles. The molecule has 0 bridgehead atoms. The number of ether oxygens (including phenoxy) is 2. The van der Waals surface area contributed by atoms with E-state index in [1.165, 1.54) is 0 Å². The third kappa shape index (κ3) is 5.42. The highest BCUT2D eigenvalue weighted by molar-refractivity contribution is 9.10. The average molecular weight is 390 g/mol. The van der Waals surface area contributed by atoms with Crippen molar-refractivity contribution in [2.75, 3.05) is 18.5 Å². The van der Waals surface area contributed by atoms with Gasteiger partial charge in [0.15, 0.2) is 6.61 Å². The summed E-state index contributed by atoms with van der Waals surface area (Å²) in [5, 5.41) is 2.81. The number of benzene rings is 2. The summed E-state index contributed by atoms with van der Waals surface area (Å²) < 4.78 is 12.2. The van der Waals surface area contributed by atoms with Crippen LogP contribution in [0, 0.1) is 6.92 Å². The Morgan fingerprint density at radius 2 is 1.83 bits per heavy atom. The highest BCUT2D eigenvalue weighted by Crippen LogP contribution is 2.25. The fourth-order valence-corrected chi connectivity index (χ4v) is 2.48. The minimum Gasteiger partial charge on any atom is -0.487 e. The lowest BCUT2D eigenvalue weighted by atomic mass is 10.2. The predicted octanol–water partition coefficient (Wildman–Crippen LogP) is 4.73. The van der Waals surface area contributed by atoms with Gasteiger partial charge in [0.05, 0.1) is 5.69 Å². The van der Waals surface area contributed by atoms with Crippen molar-refractivity contribution in [3.8, 4) is 11.5 Å². The summed E-state index contributed by atoms with van der Waals surface area (Å²) in [6.45, 7) is 7.95. The molecule has 0 radical (unpaired) electrons. The molecule has 2 rings (SSSR count). The van der Waals surface area contributed by atoms with Crippen molar-refractivity contribution < 1.29 is 14.3 Å². The van der Waals surface area contributed by atoms with Gasteiger partial charge in [-0.1, -0.05) is 34.6 Å². The number of hydrogen-bond acceptors (Lipinski definition) is 3. The van der Waals surface area contributed by atoms with Crippen LogP contribution in [0.15, 0.2) is 59.1 Å². The Labute approximate surface area is 150 Å². The van der Waals surface area contributed by atoms with E-state index in [-0.39, 0.29) is 12.5 Å². The predicted molar refractivity (Wildman–Crippen MR) is 99.8 cm³/mol. The van der Waals surface area contributed by atoms with Gasteiger partial charge in [0.25, 0.3) is 5.91 Å². The van der Waals surface area contributed by atoms with Gasteiger partial charge in [0.2, 0.25) is 0 Å². The van der Waals surface area contributed by atoms with Gasteiger partial charge in [-0.25, -0.2) is 0 Å². The van der Waals surface area contributed by atoms with Gasteiger partial charge in [0.1, 0.15) is 18.1 Å². The average Bonchev–Trinajstić information content (AvgIpc) is 2.53. The lowest BCUT2D eigenvalue weighted by molar-refractivity contribution is -0.118. The zero-order valence-corrected chi connectivity index (χ0v) is 15.4. The maximum atomic E-state index is 12.1. The number of halogens is 1. The van der Waals surface area contributed by atoms with E-state index in [9.17, 15) is 4.79 Å². The fraction of sp³-hybridized carbons (Fsp3) is 0.211. The normalized spacial score (nSPS) is 10.1. The third-order valence-corrected chi connectivity index (χ3v) is 3.62. The van der Waals surface area contributed by atoms with Crippen LogP contribution in [0.4, 0.5) is 5.69 Å². The van der Waals surface area contributed by atoms with E-state index in [4.69, 9.17) is 9.47 Å². The van der Waals surface area contributed by atoms with Gasteiger partial charge in [-0.3, -0.25) is 4.79 Å². The molecule has 0 aliphatic heterocycles. The van der Waals surface area contributed by atoms with Crippen LogP contribution < -0.4 is 14.8 Å². The Morgan fingerprint density at radius 3 is 2.54 bits per heavy atom. The number of nitrogens with one attached hydrogen (secondary N) is 1. The molecule has 0 saturated carbocycles. The summed E-state index contributed by atoms with van der Waals surface area (Å²) in [7, 11) is 0. The summed E-state index contributed by atoms with van der Waals surface area (Å²) in [6.07, 6.45) is 0. The Balaban J connectivity index is 1.96. The Bertz CT molecular complexity index is 743. The van der Waals surface area contributed by atoms with E-state index in [1.807, 2.05) is 44.2 Å². The monoisotopic (exact) mass is 389 g/mol. The summed E-state index contributed by atoms with van der Waals surface area (Å²) in [6, 6.07) is 12.9. The van der Waals surface area contributed by atoms with Gasteiger partial charge in [-0.05, 0) is 55.3 Å². The van der Waals surface area contributed by atoms with Crippen molar-refractivity contribution in [2.45, 2.75) is 13.8 Å². The van der Waals surface area contributed by atoms with Crippen LogP contribution in [0.25, 0.3) is 0 Å². The second-order valence-electron chi connectivity index (χ2n) is 5.49. The topological polar surface area (TPSA) is 47.6 Å². The van der Waals surface area contributed by atoms with Gasteiger partial charge in [0, 0.05) is 4.47 Å². The van der Waals surface area contributed by atoms with E-state index in [0.29, 0.717) is 23.8 Å². The number of para-hydroxylation sites is 2. The first-order valence-electron chi connectivity index (χ1n) is 7.50. The Morgan fingerprint density at radius 1 is 1.12 bits per heavy atom. The SMILES string of the molecule is C=C(C)COc1ccccc1NC(=O)COc1ccc(Br)cc1C. The van der Waals surface area contributed by atoms with Crippen LogP contribution >= 0.6 is 15.9 Å². The summed E-state index contributed by atoms with van der Waals surface area (Å²) >= 11 is 3.40. The molecule has 24 heavy (non-hydrogen) atoms. The minimum absolute atomic E-state index is 0.0721. The van der Waals surface area contributed by atoms with Crippen LogP contribution in [0.3, 0.4) is 0 Å². The fourth-order valence-electron chi connectivity index (χ4n) is 2.00. The molecule has 0 atom stereocenters. The number of rotatable bonds is 7. The van der Waals surface area contributed by atoms with Gasteiger partial charge in [-0.15, -0.1) is 0 Å². The highest BCUT2D eigenvalue weighted by atomic mass is 79.9. The maximum absolute atomic E-state index is 12.1. The van der Waals surface area contributed by atoms with E-state index in [0.717, 1.165) is 15.6 Å². The molecule has 2 aromatic rings. The third-order valence-electron chi connectivity index (χ3n) is 3.13. The smallest absolute Gasteiger partial charge is 0.262 e. The number of anilines is 1. The summed E-state index contributed by atoms with van der Waals surface area (Å²) in [4.78, 5) is 12.1. The number of aryl methyl sites for hydroxylation is 1. The molecule has 0 aliphatic carbocycles. The largest absolute Gasteiger partial charge is 0.487 e. The van der Waals surface area contributed by atoms with Crippen molar-refractivity contribution in [2.24, 2.45) is 0 Å². The van der Waals surface area contributed by atoms with Gasteiger partial charge >= 0.3 is 0 Å². The van der Waals surface area contributed by atoms with Crippen molar-refractivity contribution in [3.05, 3.63) is 64.7 Å². The maximum Gasteiger partial charge on any atom is 0.262 e. The van der Waals surface area contributed by atoms with Gasteiger partial charge in [-0.2, -0.15) is 0 Å². The summed E-state index contributed by atoms with van der Waals surface area (Å²) in [5.41, 5.74) is 2.48. The van der Waals surface area contributed by atoms with Crippen molar-refractivity contribution >= 4 is 27.5 Å². The molecule has 0 fully saturated rings. The van der Waals surface area contributed by atoms with Crippen LogP contribution in [0.1, 0.15) is 12.5 Å². The van der Waals surface area contributed by atoms with Crippen LogP contribution in [0.5, 0.6) is 11.5 Å².